The van der Waals surface area contributed by atoms with Gasteiger partial charge in [-0.15, -0.1) is 0 Å². The molecule has 0 aliphatic carbocycles. The predicted molar refractivity (Wildman–Crippen MR) is 45.6 cm³/mol. The van der Waals surface area contributed by atoms with E-state index >= 15 is 0 Å². The first kappa shape index (κ1) is 44.9. The van der Waals surface area contributed by atoms with E-state index in [2.05, 4.69) is 0 Å². The fraction of sp³-hybridized carbons (Fsp3) is 0. The van der Waals surface area contributed by atoms with Crippen LogP contribution in [0.2, 0.25) is 0 Å². The first-order valence-electron chi connectivity index (χ1n) is 3.29. The van der Waals surface area contributed by atoms with Crippen molar-refractivity contribution in [2.45, 2.75) is 0 Å². The van der Waals surface area contributed by atoms with Crippen LogP contribution in [-0.4, -0.2) is 0 Å². The Morgan fingerprint density at radius 3 is 0.280 bits per heavy atom. The molecule has 0 rings (SSSR count). The average Bonchev–Trinajstić information content (AvgIpc) is 2.08. The summed E-state index contributed by atoms with van der Waals surface area (Å²) in [5.74, 6) is 0. The Labute approximate surface area is 157 Å². The molecule has 0 saturated heterocycles. The van der Waals surface area contributed by atoms with Gasteiger partial charge in [0.1, 0.15) is 0 Å². The molecule has 0 bridgehead atoms. The first-order chi connectivity index (χ1) is 10.4. The number of hydrogen-bond donors (Lipinski definition) is 0. The molecule has 0 saturated carbocycles. The van der Waals surface area contributed by atoms with Crippen LogP contribution in [0.3, 0.4) is 0 Å². The molecule has 150 valence electrons. The SMILES string of the molecule is O=[P+]([O-])[O-].O=[P+]([O-])[O-].O=[P+]([O-])[O-].O=[P+]([O-])[O-].O=[P+]([O-])[O-].O=[P+]([O-])[O-].[W]. The van der Waals surface area contributed by atoms with Gasteiger partial charge in [0.25, 0.3) is 49.5 Å². The largest absolute Gasteiger partial charge is 0.598 e. The molecule has 0 spiro atoms. The molecule has 25 heavy (non-hydrogen) atoms. The van der Waals surface area contributed by atoms with Gasteiger partial charge in [-0.25, -0.2) is 0 Å². The molecule has 0 fully saturated rings. The molecule has 0 aromatic carbocycles. The summed E-state index contributed by atoms with van der Waals surface area (Å²) in [6.45, 7) is 0. The van der Waals surface area contributed by atoms with Gasteiger partial charge in [-0.1, -0.05) is 27.4 Å². The van der Waals surface area contributed by atoms with E-state index in [1.165, 1.54) is 0 Å². The van der Waals surface area contributed by atoms with Crippen LogP contribution in [0.4, 0.5) is 0 Å². The molecule has 18 nitrogen and oxygen atoms in total. The summed E-state index contributed by atoms with van der Waals surface area (Å²) < 4.78 is 50.9. The van der Waals surface area contributed by atoms with E-state index in [4.69, 9.17) is 86.1 Å². The summed E-state index contributed by atoms with van der Waals surface area (Å²) in [6, 6.07) is 0. The topological polar surface area (TPSA) is 379 Å². The van der Waals surface area contributed by atoms with Gasteiger partial charge in [-0.05, 0) is 0 Å². The zero-order valence-corrected chi connectivity index (χ0v) is 18.7. The Hall–Kier alpha value is 0.808. The Morgan fingerprint density at radius 1 is 0.280 bits per heavy atom. The molecule has 0 amide bonds. The first-order valence-corrected chi connectivity index (χ1v) is 9.86. The molecule has 0 aliphatic rings. The van der Waals surface area contributed by atoms with Crippen molar-refractivity contribution in [2.75, 3.05) is 0 Å². The van der Waals surface area contributed by atoms with Crippen molar-refractivity contribution in [1.82, 2.24) is 0 Å². The van der Waals surface area contributed by atoms with Crippen molar-refractivity contribution in [3.05, 3.63) is 0 Å². The van der Waals surface area contributed by atoms with Crippen LogP contribution in [0.1, 0.15) is 0 Å². The van der Waals surface area contributed by atoms with Gasteiger partial charge < -0.3 is 58.7 Å². The van der Waals surface area contributed by atoms with E-state index in [-0.39, 0.29) is 21.1 Å². The molecular formula is O18P6W-6. The molecule has 0 aromatic rings. The molecule has 0 aromatic heterocycles. The maximum absolute atomic E-state index is 8.48. The van der Waals surface area contributed by atoms with Gasteiger partial charge in [0.05, 0.1) is 0 Å². The predicted octanol–water partition coefficient (Wildman–Crippen LogP) is -9.82. The molecule has 0 heterocycles. The van der Waals surface area contributed by atoms with Crippen LogP contribution in [0.25, 0.3) is 0 Å². The van der Waals surface area contributed by atoms with Crippen molar-refractivity contribution in [2.24, 2.45) is 0 Å². The third-order valence-corrected chi connectivity index (χ3v) is 0. The van der Waals surface area contributed by atoms with E-state index < -0.39 is 49.5 Å². The van der Waals surface area contributed by atoms with Crippen LogP contribution in [0.15, 0.2) is 0 Å². The van der Waals surface area contributed by atoms with Crippen LogP contribution in [0, 0.1) is 0 Å². The quantitative estimate of drug-likeness (QED) is 0.218. The second-order valence-electron chi connectivity index (χ2n) is 1.34. The zero-order chi connectivity index (χ0) is 21.5. The van der Waals surface area contributed by atoms with Crippen LogP contribution >= 0.6 is 49.5 Å². The van der Waals surface area contributed by atoms with Crippen molar-refractivity contribution < 1.29 is 107 Å². The molecule has 0 radical (unpaired) electrons. The van der Waals surface area contributed by atoms with E-state index in [1.807, 2.05) is 0 Å². The van der Waals surface area contributed by atoms with Crippen molar-refractivity contribution in [3.63, 3.8) is 0 Å². The minimum atomic E-state index is -3.37. The Kier molecular flexibility index (Phi) is 71.4. The van der Waals surface area contributed by atoms with Gasteiger partial charge in [0.15, 0.2) is 0 Å². The van der Waals surface area contributed by atoms with E-state index in [0.29, 0.717) is 0 Å². The molecular weight excluding hydrogens is 658 g/mol. The summed E-state index contributed by atoms with van der Waals surface area (Å²) in [7, 11) is -20.2. The molecule has 0 unspecified atom stereocenters. The molecule has 0 aliphatic heterocycles. The third-order valence-electron chi connectivity index (χ3n) is 0. The number of hydrogen-bond acceptors (Lipinski definition) is 18. The Balaban J connectivity index is -0.0000000309. The summed E-state index contributed by atoms with van der Waals surface area (Å²) in [6.07, 6.45) is 0. The molecule has 25 heteroatoms. The molecule has 0 atom stereocenters. The summed E-state index contributed by atoms with van der Waals surface area (Å²) >= 11 is 0. The normalized spacial score (nSPS) is 6.24. The summed E-state index contributed by atoms with van der Waals surface area (Å²) in [5, 5.41) is 0. The van der Waals surface area contributed by atoms with Crippen LogP contribution in [-0.2, 0) is 48.5 Å². The minimum absolute atomic E-state index is 0. The second kappa shape index (κ2) is 39.8. The van der Waals surface area contributed by atoms with Crippen molar-refractivity contribution in [1.29, 1.82) is 0 Å². The maximum atomic E-state index is 8.48. The molecule has 0 N–H and O–H groups in total. The van der Waals surface area contributed by atoms with Crippen LogP contribution < -0.4 is 58.7 Å². The number of rotatable bonds is 0. The van der Waals surface area contributed by atoms with Gasteiger partial charge in [-0.3, -0.25) is 0 Å². The van der Waals surface area contributed by atoms with Gasteiger partial charge >= 0.3 is 0 Å². The van der Waals surface area contributed by atoms with Crippen LogP contribution in [0.5, 0.6) is 0 Å². The van der Waals surface area contributed by atoms with E-state index in [1.54, 1.807) is 0 Å². The fourth-order valence-electron chi connectivity index (χ4n) is 0. The van der Waals surface area contributed by atoms with E-state index in [0.717, 1.165) is 0 Å². The standard InChI is InChI=1S/6HO3P.W/c6*1-4(2)3;/h6*(H,1,2,3);/p-6. The third kappa shape index (κ3) is 19800. The van der Waals surface area contributed by atoms with Gasteiger partial charge in [0.2, 0.25) is 0 Å². The van der Waals surface area contributed by atoms with Crippen molar-refractivity contribution >= 4 is 49.5 Å². The Bertz CT molecular complexity index is 257. The summed E-state index contributed by atoms with van der Waals surface area (Å²) in [5.41, 5.74) is 0. The van der Waals surface area contributed by atoms with Gasteiger partial charge in [-0.2, -0.15) is 0 Å². The monoisotopic (exact) mass is 658 g/mol. The average molecular weight is 658 g/mol. The second-order valence-corrected chi connectivity index (χ2v) is 4.02. The smallest absolute Gasteiger partial charge is 0.276 e. The zero-order valence-electron chi connectivity index (χ0n) is 10.4. The minimum Gasteiger partial charge on any atom is -0.598 e. The fourth-order valence-corrected chi connectivity index (χ4v) is 0. The summed E-state index contributed by atoms with van der Waals surface area (Å²) in [4.78, 5) is 102. The maximum Gasteiger partial charge on any atom is 0.276 e. The van der Waals surface area contributed by atoms with Gasteiger partial charge in [0, 0.05) is 21.1 Å². The Morgan fingerprint density at radius 2 is 0.280 bits per heavy atom. The van der Waals surface area contributed by atoms with E-state index in [9.17, 15) is 0 Å². The van der Waals surface area contributed by atoms with Crippen molar-refractivity contribution in [3.8, 4) is 0 Å².